The molecule has 0 fully saturated rings. The fourth-order valence-corrected chi connectivity index (χ4v) is 1.63. The normalized spacial score (nSPS) is 10.1. The van der Waals surface area contributed by atoms with Crippen LogP contribution in [0.25, 0.3) is 0 Å². The number of nitrogens with one attached hydrogen (secondary N) is 1. The van der Waals surface area contributed by atoms with Gasteiger partial charge in [-0.25, -0.2) is 0 Å². The molecule has 0 unspecified atom stereocenters. The van der Waals surface area contributed by atoms with Crippen molar-refractivity contribution in [2.45, 2.75) is 0 Å². The molecule has 0 heterocycles. The fraction of sp³-hybridized carbons (Fsp3) is 0. The van der Waals surface area contributed by atoms with E-state index in [9.17, 15) is 0 Å². The zero-order valence-corrected chi connectivity index (χ0v) is 9.81. The molecule has 0 spiro atoms. The molecule has 0 aliphatic heterocycles. The van der Waals surface area contributed by atoms with Crippen molar-refractivity contribution in [3.63, 3.8) is 0 Å². The summed E-state index contributed by atoms with van der Waals surface area (Å²) in [5, 5.41) is 4.06. The molecule has 0 bridgehead atoms. The van der Waals surface area contributed by atoms with E-state index in [1.165, 1.54) is 0 Å². The maximum absolute atomic E-state index is 5.92. The molecule has 16 heavy (non-hydrogen) atoms. The molecule has 4 heteroatoms. The molecule has 0 aliphatic rings. The van der Waals surface area contributed by atoms with Crippen molar-refractivity contribution in [3.05, 3.63) is 52.5 Å². The summed E-state index contributed by atoms with van der Waals surface area (Å²) >= 11 is 11.8. The molecule has 2 aromatic carbocycles. The maximum Gasteiger partial charge on any atom is 0.0633 e. The predicted molar refractivity (Wildman–Crippen MR) is 69.4 cm³/mol. The van der Waals surface area contributed by atoms with Crippen LogP contribution in [0.3, 0.4) is 0 Å². The maximum atomic E-state index is 5.92. The predicted octanol–water partition coefficient (Wildman–Crippen LogP) is 4.12. The summed E-state index contributed by atoms with van der Waals surface area (Å²) in [5.41, 5.74) is 8.00. The van der Waals surface area contributed by atoms with Crippen LogP contribution in [-0.2, 0) is 0 Å². The number of nitrogens with two attached hydrogens (primary N) is 1. The summed E-state index contributed by atoms with van der Waals surface area (Å²) in [5.74, 6) is 0. The third kappa shape index (κ3) is 2.40. The minimum Gasteiger partial charge on any atom is -0.397 e. The largest absolute Gasteiger partial charge is 0.397 e. The molecule has 0 amide bonds. The van der Waals surface area contributed by atoms with E-state index in [4.69, 9.17) is 28.9 Å². The van der Waals surface area contributed by atoms with Crippen LogP contribution >= 0.6 is 23.2 Å². The average molecular weight is 252 g/mol. The topological polar surface area (TPSA) is 38.0 Å². The van der Waals surface area contributed by atoms with E-state index in [2.05, 4.69) is 11.4 Å². The van der Waals surface area contributed by atoms with Crippen LogP contribution in [0.2, 0.25) is 10.0 Å². The molecular weight excluding hydrogens is 243 g/mol. The molecule has 2 nitrogen and oxygen atoms in total. The Morgan fingerprint density at radius 1 is 1.19 bits per heavy atom. The first kappa shape index (κ1) is 11.1. The van der Waals surface area contributed by atoms with Crippen LogP contribution in [0.1, 0.15) is 0 Å². The van der Waals surface area contributed by atoms with Gasteiger partial charge < -0.3 is 11.1 Å². The van der Waals surface area contributed by atoms with E-state index >= 15 is 0 Å². The lowest BCUT2D eigenvalue weighted by atomic mass is 10.2. The van der Waals surface area contributed by atoms with E-state index in [1.807, 2.05) is 24.3 Å². The zero-order valence-electron chi connectivity index (χ0n) is 8.30. The van der Waals surface area contributed by atoms with Crippen LogP contribution in [0.15, 0.2) is 36.4 Å². The number of halogens is 2. The summed E-state index contributed by atoms with van der Waals surface area (Å²) in [7, 11) is 0. The summed E-state index contributed by atoms with van der Waals surface area (Å²) in [6.07, 6.45) is 0. The zero-order chi connectivity index (χ0) is 11.5. The molecule has 0 saturated carbocycles. The third-order valence-electron chi connectivity index (χ3n) is 2.08. The van der Waals surface area contributed by atoms with Crippen molar-refractivity contribution < 1.29 is 0 Å². The van der Waals surface area contributed by atoms with E-state index in [0.717, 1.165) is 11.4 Å². The van der Waals surface area contributed by atoms with Crippen LogP contribution in [0, 0.1) is 6.07 Å². The summed E-state index contributed by atoms with van der Waals surface area (Å²) in [6, 6.07) is 13.7. The van der Waals surface area contributed by atoms with E-state index < -0.39 is 0 Å². The van der Waals surface area contributed by atoms with Gasteiger partial charge in [0.25, 0.3) is 0 Å². The highest BCUT2D eigenvalue weighted by Crippen LogP contribution is 2.32. The van der Waals surface area contributed by atoms with E-state index in [0.29, 0.717) is 15.7 Å². The minimum atomic E-state index is 0.448. The molecule has 0 aliphatic carbocycles. The second-order valence-corrected chi connectivity index (χ2v) is 4.09. The molecule has 81 valence electrons. The number of hydrogen-bond acceptors (Lipinski definition) is 2. The Morgan fingerprint density at radius 3 is 2.62 bits per heavy atom. The average Bonchev–Trinajstić information content (AvgIpc) is 2.27. The first-order valence-electron chi connectivity index (χ1n) is 4.64. The van der Waals surface area contributed by atoms with Gasteiger partial charge in [-0.2, -0.15) is 0 Å². The quantitative estimate of drug-likeness (QED) is 0.789. The molecule has 1 radical (unpaired) electrons. The van der Waals surface area contributed by atoms with Crippen molar-refractivity contribution >= 4 is 40.3 Å². The standard InChI is InChI=1S/C12H9Cl2N2/c13-9-6-11(15)12(7-10(9)14)16-8-4-2-1-3-5-8/h1-2,4-7,16H,15H2. The highest BCUT2D eigenvalue weighted by Gasteiger charge is 2.04. The lowest BCUT2D eigenvalue weighted by Gasteiger charge is -2.10. The van der Waals surface area contributed by atoms with Gasteiger partial charge >= 0.3 is 0 Å². The molecule has 2 rings (SSSR count). The number of rotatable bonds is 2. The second-order valence-electron chi connectivity index (χ2n) is 3.27. The number of benzene rings is 2. The van der Waals surface area contributed by atoms with Crippen molar-refractivity contribution in [3.8, 4) is 0 Å². The Kier molecular flexibility index (Phi) is 3.22. The highest BCUT2D eigenvalue weighted by molar-refractivity contribution is 6.42. The van der Waals surface area contributed by atoms with Crippen molar-refractivity contribution in [1.82, 2.24) is 0 Å². The monoisotopic (exact) mass is 251 g/mol. The Labute approximate surface area is 104 Å². The molecule has 2 aromatic rings. The van der Waals surface area contributed by atoms with Gasteiger partial charge in [-0.3, -0.25) is 0 Å². The number of hydrogen-bond donors (Lipinski definition) is 2. The number of anilines is 3. The first-order valence-corrected chi connectivity index (χ1v) is 5.40. The highest BCUT2D eigenvalue weighted by atomic mass is 35.5. The summed E-state index contributed by atoms with van der Waals surface area (Å²) < 4.78 is 0. The number of nitrogen functional groups attached to an aromatic ring is 1. The van der Waals surface area contributed by atoms with Crippen molar-refractivity contribution in [2.75, 3.05) is 11.1 Å². The Bertz CT molecular complexity index is 498. The van der Waals surface area contributed by atoms with Gasteiger partial charge in [0.05, 0.1) is 21.4 Å². The molecule has 3 N–H and O–H groups in total. The summed E-state index contributed by atoms with van der Waals surface area (Å²) in [4.78, 5) is 0. The lowest BCUT2D eigenvalue weighted by Crippen LogP contribution is -1.96. The Morgan fingerprint density at radius 2 is 1.94 bits per heavy atom. The van der Waals surface area contributed by atoms with Crippen molar-refractivity contribution in [2.24, 2.45) is 0 Å². The van der Waals surface area contributed by atoms with Gasteiger partial charge in [-0.05, 0) is 30.3 Å². The molecule has 0 aromatic heterocycles. The van der Waals surface area contributed by atoms with Crippen molar-refractivity contribution in [1.29, 1.82) is 0 Å². The smallest absolute Gasteiger partial charge is 0.0633 e. The van der Waals surface area contributed by atoms with Crippen LogP contribution in [0.5, 0.6) is 0 Å². The van der Waals surface area contributed by atoms with Gasteiger partial charge in [0.1, 0.15) is 0 Å². The Balaban J connectivity index is 2.32. The van der Waals surface area contributed by atoms with E-state index in [1.54, 1.807) is 12.1 Å². The third-order valence-corrected chi connectivity index (χ3v) is 2.80. The van der Waals surface area contributed by atoms with Crippen LogP contribution in [-0.4, -0.2) is 0 Å². The summed E-state index contributed by atoms with van der Waals surface area (Å²) in [6.45, 7) is 0. The molecular formula is C12H9Cl2N2. The fourth-order valence-electron chi connectivity index (χ4n) is 1.30. The lowest BCUT2D eigenvalue weighted by molar-refractivity contribution is 1.54. The van der Waals surface area contributed by atoms with Gasteiger partial charge in [0.2, 0.25) is 0 Å². The van der Waals surface area contributed by atoms with Gasteiger partial charge in [0.15, 0.2) is 0 Å². The van der Waals surface area contributed by atoms with E-state index in [-0.39, 0.29) is 0 Å². The first-order chi connectivity index (χ1) is 7.66. The molecule has 0 atom stereocenters. The van der Waals surface area contributed by atoms with Crippen LogP contribution in [0.4, 0.5) is 17.1 Å². The van der Waals surface area contributed by atoms with Crippen LogP contribution < -0.4 is 11.1 Å². The second kappa shape index (κ2) is 4.64. The minimum absolute atomic E-state index is 0.448. The van der Waals surface area contributed by atoms with Gasteiger partial charge in [-0.15, -0.1) is 0 Å². The van der Waals surface area contributed by atoms with Gasteiger partial charge in [0, 0.05) is 5.69 Å². The molecule has 0 saturated heterocycles. The Hall–Kier alpha value is -1.38. The SMILES string of the molecule is Nc1cc(Cl)c(Cl)cc1Nc1c[c]ccc1. The van der Waals surface area contributed by atoms with Gasteiger partial charge in [-0.1, -0.05) is 35.3 Å².